The van der Waals surface area contributed by atoms with Crippen molar-refractivity contribution in [2.45, 2.75) is 64.8 Å². The molecular formula is C18H27ClFN. The number of hydrogen-bond donors (Lipinski definition) is 1. The Balaban J connectivity index is 2.15. The predicted octanol–water partition coefficient (Wildman–Crippen LogP) is 5.36. The van der Waals surface area contributed by atoms with Gasteiger partial charge in [-0.1, -0.05) is 50.8 Å². The highest BCUT2D eigenvalue weighted by molar-refractivity contribution is 6.30. The lowest BCUT2D eigenvalue weighted by atomic mass is 9.69. The first-order valence-electron chi connectivity index (χ1n) is 8.22. The molecular weight excluding hydrogens is 285 g/mol. The fourth-order valence-corrected chi connectivity index (χ4v) is 3.66. The molecule has 118 valence electrons. The van der Waals surface area contributed by atoms with Gasteiger partial charge in [-0.05, 0) is 55.3 Å². The van der Waals surface area contributed by atoms with Crippen LogP contribution >= 0.6 is 11.6 Å². The van der Waals surface area contributed by atoms with Crippen molar-refractivity contribution in [3.05, 3.63) is 34.6 Å². The average molecular weight is 312 g/mol. The molecule has 1 aromatic rings. The summed E-state index contributed by atoms with van der Waals surface area (Å²) in [6.07, 6.45) is 8.27. The quantitative estimate of drug-likeness (QED) is 0.745. The Bertz CT molecular complexity index is 455. The molecule has 0 aromatic heterocycles. The first-order chi connectivity index (χ1) is 10.0. The van der Waals surface area contributed by atoms with Crippen molar-refractivity contribution >= 4 is 11.6 Å². The van der Waals surface area contributed by atoms with E-state index in [4.69, 9.17) is 11.6 Å². The highest BCUT2D eigenvalue weighted by Crippen LogP contribution is 2.40. The molecule has 1 aliphatic rings. The van der Waals surface area contributed by atoms with Crippen LogP contribution in [0, 0.1) is 11.2 Å². The minimum Gasteiger partial charge on any atom is -0.313 e. The van der Waals surface area contributed by atoms with E-state index >= 15 is 0 Å². The molecule has 0 radical (unpaired) electrons. The van der Waals surface area contributed by atoms with Crippen LogP contribution < -0.4 is 5.32 Å². The standard InChI is InChI=1S/C18H27ClFN/c1-3-11-21-17(18(2)9-5-4-6-10-18)12-14-7-8-15(19)13-16(14)20/h7-8,13,17,21H,3-6,9-12H2,1-2H3. The van der Waals surface area contributed by atoms with Crippen molar-refractivity contribution in [2.75, 3.05) is 6.54 Å². The minimum atomic E-state index is -0.176. The van der Waals surface area contributed by atoms with E-state index in [1.165, 1.54) is 38.2 Å². The number of nitrogens with one attached hydrogen (secondary N) is 1. The largest absolute Gasteiger partial charge is 0.313 e. The van der Waals surface area contributed by atoms with Crippen LogP contribution in [0.4, 0.5) is 4.39 Å². The van der Waals surface area contributed by atoms with Crippen molar-refractivity contribution in [2.24, 2.45) is 5.41 Å². The summed E-state index contributed by atoms with van der Waals surface area (Å²) in [6.45, 7) is 5.54. The second-order valence-electron chi connectivity index (χ2n) is 6.66. The van der Waals surface area contributed by atoms with Gasteiger partial charge in [0, 0.05) is 11.1 Å². The zero-order valence-corrected chi connectivity index (χ0v) is 14.0. The van der Waals surface area contributed by atoms with Gasteiger partial charge >= 0.3 is 0 Å². The lowest BCUT2D eigenvalue weighted by molar-refractivity contribution is 0.143. The highest BCUT2D eigenvalue weighted by atomic mass is 35.5. The third kappa shape index (κ3) is 4.43. The second-order valence-corrected chi connectivity index (χ2v) is 7.10. The molecule has 1 saturated carbocycles. The Labute approximate surface area is 133 Å². The van der Waals surface area contributed by atoms with E-state index in [-0.39, 0.29) is 11.2 Å². The number of rotatable bonds is 6. The number of halogens is 2. The Morgan fingerprint density at radius 2 is 2.00 bits per heavy atom. The van der Waals surface area contributed by atoms with E-state index in [1.54, 1.807) is 6.07 Å². The van der Waals surface area contributed by atoms with Gasteiger partial charge in [0.2, 0.25) is 0 Å². The molecule has 1 unspecified atom stereocenters. The van der Waals surface area contributed by atoms with E-state index in [0.717, 1.165) is 24.9 Å². The fraction of sp³-hybridized carbons (Fsp3) is 0.667. The Kier molecular flexibility index (Phi) is 6.07. The number of benzene rings is 1. The molecule has 21 heavy (non-hydrogen) atoms. The SMILES string of the molecule is CCCNC(Cc1ccc(Cl)cc1F)C1(C)CCCCC1. The molecule has 0 bridgehead atoms. The normalized spacial score (nSPS) is 19.4. The monoisotopic (exact) mass is 311 g/mol. The minimum absolute atomic E-state index is 0.176. The van der Waals surface area contributed by atoms with Crippen molar-refractivity contribution in [3.8, 4) is 0 Å². The van der Waals surface area contributed by atoms with E-state index in [0.29, 0.717) is 11.1 Å². The summed E-state index contributed by atoms with van der Waals surface area (Å²) in [5.41, 5.74) is 1.05. The summed E-state index contributed by atoms with van der Waals surface area (Å²) in [5, 5.41) is 4.14. The zero-order chi connectivity index (χ0) is 15.3. The summed E-state index contributed by atoms with van der Waals surface area (Å²) in [5.74, 6) is -0.176. The molecule has 0 amide bonds. The Morgan fingerprint density at radius 3 is 2.62 bits per heavy atom. The van der Waals surface area contributed by atoms with Gasteiger partial charge in [-0.3, -0.25) is 0 Å². The lowest BCUT2D eigenvalue weighted by Crippen LogP contribution is -2.46. The van der Waals surface area contributed by atoms with Crippen LogP contribution in [0.15, 0.2) is 18.2 Å². The van der Waals surface area contributed by atoms with Crippen LogP contribution in [-0.4, -0.2) is 12.6 Å². The molecule has 0 aliphatic heterocycles. The summed E-state index contributed by atoms with van der Waals surface area (Å²) in [7, 11) is 0. The van der Waals surface area contributed by atoms with Crippen LogP contribution in [0.2, 0.25) is 5.02 Å². The zero-order valence-electron chi connectivity index (χ0n) is 13.2. The van der Waals surface area contributed by atoms with E-state index < -0.39 is 0 Å². The van der Waals surface area contributed by atoms with Crippen molar-refractivity contribution in [1.82, 2.24) is 5.32 Å². The van der Waals surface area contributed by atoms with Gasteiger partial charge in [-0.2, -0.15) is 0 Å². The van der Waals surface area contributed by atoms with Crippen LogP contribution in [0.5, 0.6) is 0 Å². The fourth-order valence-electron chi connectivity index (χ4n) is 3.50. The van der Waals surface area contributed by atoms with E-state index in [9.17, 15) is 4.39 Å². The van der Waals surface area contributed by atoms with Gasteiger partial charge < -0.3 is 5.32 Å². The van der Waals surface area contributed by atoms with E-state index in [2.05, 4.69) is 19.2 Å². The average Bonchev–Trinajstić information content (AvgIpc) is 2.46. The first-order valence-corrected chi connectivity index (χ1v) is 8.60. The third-order valence-electron chi connectivity index (χ3n) is 4.92. The third-order valence-corrected chi connectivity index (χ3v) is 5.15. The van der Waals surface area contributed by atoms with Crippen LogP contribution in [0.25, 0.3) is 0 Å². The summed E-state index contributed by atoms with van der Waals surface area (Å²) in [4.78, 5) is 0. The van der Waals surface area contributed by atoms with Gasteiger partial charge in [0.25, 0.3) is 0 Å². The van der Waals surface area contributed by atoms with Crippen molar-refractivity contribution < 1.29 is 4.39 Å². The van der Waals surface area contributed by atoms with Crippen LogP contribution in [0.3, 0.4) is 0 Å². The maximum Gasteiger partial charge on any atom is 0.127 e. The molecule has 0 spiro atoms. The molecule has 1 aliphatic carbocycles. The predicted molar refractivity (Wildman–Crippen MR) is 88.4 cm³/mol. The number of hydrogen-bond acceptors (Lipinski definition) is 1. The maximum absolute atomic E-state index is 14.1. The summed E-state index contributed by atoms with van der Waals surface area (Å²) < 4.78 is 14.1. The van der Waals surface area contributed by atoms with Crippen molar-refractivity contribution in [3.63, 3.8) is 0 Å². The molecule has 0 saturated heterocycles. The molecule has 1 nitrogen and oxygen atoms in total. The van der Waals surface area contributed by atoms with Gasteiger partial charge in [-0.25, -0.2) is 4.39 Å². The molecule has 3 heteroatoms. The van der Waals surface area contributed by atoms with Crippen molar-refractivity contribution in [1.29, 1.82) is 0 Å². The van der Waals surface area contributed by atoms with Gasteiger partial charge in [-0.15, -0.1) is 0 Å². The Hall–Kier alpha value is -0.600. The lowest BCUT2D eigenvalue weighted by Gasteiger charge is -2.41. The summed E-state index contributed by atoms with van der Waals surface area (Å²) in [6, 6.07) is 5.40. The van der Waals surface area contributed by atoms with Gasteiger partial charge in [0.05, 0.1) is 0 Å². The molecule has 0 heterocycles. The maximum atomic E-state index is 14.1. The molecule has 1 fully saturated rings. The van der Waals surface area contributed by atoms with Crippen LogP contribution in [0.1, 0.15) is 57.9 Å². The van der Waals surface area contributed by atoms with Gasteiger partial charge in [0.15, 0.2) is 0 Å². The van der Waals surface area contributed by atoms with E-state index in [1.807, 2.05) is 6.07 Å². The summed E-state index contributed by atoms with van der Waals surface area (Å²) >= 11 is 5.86. The first kappa shape index (κ1) is 16.8. The molecule has 2 rings (SSSR count). The Morgan fingerprint density at radius 1 is 1.29 bits per heavy atom. The van der Waals surface area contributed by atoms with Gasteiger partial charge in [0.1, 0.15) is 5.82 Å². The second kappa shape index (κ2) is 7.60. The molecule has 1 aromatic carbocycles. The smallest absolute Gasteiger partial charge is 0.127 e. The highest BCUT2D eigenvalue weighted by Gasteiger charge is 2.35. The molecule has 1 atom stereocenters. The molecule has 1 N–H and O–H groups in total. The van der Waals surface area contributed by atoms with Crippen LogP contribution in [-0.2, 0) is 6.42 Å². The topological polar surface area (TPSA) is 12.0 Å².